The highest BCUT2D eigenvalue weighted by Gasteiger charge is 2.18. The lowest BCUT2D eigenvalue weighted by Crippen LogP contribution is -2.03. The summed E-state index contributed by atoms with van der Waals surface area (Å²) < 4.78 is 0. The Labute approximate surface area is 98.2 Å². The van der Waals surface area contributed by atoms with E-state index in [1.807, 2.05) is 18.2 Å². The minimum absolute atomic E-state index is 0.103. The van der Waals surface area contributed by atoms with Gasteiger partial charge in [0.15, 0.2) is 0 Å². The molecule has 0 heterocycles. The van der Waals surface area contributed by atoms with Crippen molar-refractivity contribution in [2.45, 2.75) is 6.42 Å². The highest BCUT2D eigenvalue weighted by Crippen LogP contribution is 2.29. The van der Waals surface area contributed by atoms with Crippen LogP contribution in [0.1, 0.15) is 12.0 Å². The van der Waals surface area contributed by atoms with Crippen LogP contribution >= 0.6 is 12.2 Å². The quantitative estimate of drug-likeness (QED) is 0.445. The van der Waals surface area contributed by atoms with Crippen molar-refractivity contribution in [3.63, 3.8) is 0 Å². The van der Waals surface area contributed by atoms with Crippen molar-refractivity contribution in [2.24, 2.45) is 0 Å². The van der Waals surface area contributed by atoms with E-state index in [0.717, 1.165) is 10.4 Å². The molecule has 4 heteroatoms. The van der Waals surface area contributed by atoms with Crippen LogP contribution in [0.3, 0.4) is 0 Å². The Hall–Kier alpha value is -1.81. The average molecular weight is 231 g/mol. The Bertz CT molecular complexity index is 518. The van der Waals surface area contributed by atoms with Gasteiger partial charge < -0.3 is 0 Å². The molecule has 1 aromatic carbocycles. The third-order valence-electron chi connectivity index (χ3n) is 2.39. The summed E-state index contributed by atoms with van der Waals surface area (Å²) in [7, 11) is 0. The summed E-state index contributed by atoms with van der Waals surface area (Å²) in [5.74, 6) is 0. The van der Waals surface area contributed by atoms with Gasteiger partial charge in [0.1, 0.15) is 0 Å². The molecule has 0 N–H and O–H groups in total. The van der Waals surface area contributed by atoms with Gasteiger partial charge >= 0.3 is 0 Å². The maximum absolute atomic E-state index is 10.9. The Kier molecular flexibility index (Phi) is 2.92. The van der Waals surface area contributed by atoms with E-state index in [-0.39, 0.29) is 10.6 Å². The Morgan fingerprint density at radius 1 is 1.31 bits per heavy atom. The van der Waals surface area contributed by atoms with Gasteiger partial charge in [-0.3, -0.25) is 10.1 Å². The molecular weight excluding hydrogens is 222 g/mol. The molecule has 1 aliphatic carbocycles. The van der Waals surface area contributed by atoms with E-state index in [1.54, 1.807) is 18.2 Å². The zero-order chi connectivity index (χ0) is 11.5. The minimum Gasteiger partial charge on any atom is -0.258 e. The highest BCUT2D eigenvalue weighted by molar-refractivity contribution is 7.81. The summed E-state index contributed by atoms with van der Waals surface area (Å²) in [6.07, 6.45) is 6.32. The van der Waals surface area contributed by atoms with Crippen LogP contribution in [0, 0.1) is 10.1 Å². The molecule has 2 rings (SSSR count). The fourth-order valence-electron chi connectivity index (χ4n) is 1.64. The lowest BCUT2D eigenvalue weighted by atomic mass is 9.96. The van der Waals surface area contributed by atoms with Crippen molar-refractivity contribution in [1.29, 1.82) is 0 Å². The van der Waals surface area contributed by atoms with Gasteiger partial charge in [0.2, 0.25) is 0 Å². The first-order valence-corrected chi connectivity index (χ1v) is 5.25. The summed E-state index contributed by atoms with van der Waals surface area (Å²) in [5, 5.41) is 10.9. The molecule has 1 aliphatic rings. The van der Waals surface area contributed by atoms with Crippen molar-refractivity contribution in [3.8, 4) is 0 Å². The second kappa shape index (κ2) is 4.37. The highest BCUT2D eigenvalue weighted by atomic mass is 32.1. The fourth-order valence-corrected chi connectivity index (χ4v) is 1.92. The smallest absolute Gasteiger partial charge is 0.258 e. The van der Waals surface area contributed by atoms with Crippen LogP contribution in [0.15, 0.2) is 42.5 Å². The van der Waals surface area contributed by atoms with E-state index in [4.69, 9.17) is 12.2 Å². The number of hydrogen-bond donors (Lipinski definition) is 0. The number of nitro groups is 1. The second-order valence-electron chi connectivity index (χ2n) is 3.41. The van der Waals surface area contributed by atoms with Gasteiger partial charge in [0.25, 0.3) is 5.69 Å². The van der Waals surface area contributed by atoms with Gasteiger partial charge in [-0.05, 0) is 6.07 Å². The predicted octanol–water partition coefficient (Wildman–Crippen LogP) is 3.31. The number of nitro benzene ring substituents is 1. The first kappa shape index (κ1) is 10.7. The van der Waals surface area contributed by atoms with Crippen LogP contribution in [0.25, 0.3) is 5.57 Å². The van der Waals surface area contributed by atoms with Crippen LogP contribution in [0.2, 0.25) is 0 Å². The summed E-state index contributed by atoms with van der Waals surface area (Å²) in [6.45, 7) is 0. The SMILES string of the molecule is O=[N+]([O-])c1ccccc1C1=CC=CCC1=S. The molecule has 3 nitrogen and oxygen atoms in total. The fraction of sp³-hybridized carbons (Fsp3) is 0.0833. The standard InChI is InChI=1S/C12H9NO2S/c14-13(15)11-7-3-1-5-9(11)10-6-2-4-8-12(10)16/h1-7H,8H2. The van der Waals surface area contributed by atoms with Crippen molar-refractivity contribution >= 4 is 28.3 Å². The molecule has 0 aliphatic heterocycles. The van der Waals surface area contributed by atoms with Gasteiger partial charge in [-0.2, -0.15) is 0 Å². The van der Waals surface area contributed by atoms with E-state index in [0.29, 0.717) is 12.0 Å². The summed E-state index contributed by atoms with van der Waals surface area (Å²) in [4.78, 5) is 11.3. The van der Waals surface area contributed by atoms with E-state index < -0.39 is 0 Å². The molecule has 80 valence electrons. The molecule has 0 atom stereocenters. The third-order valence-corrected chi connectivity index (χ3v) is 2.78. The number of allylic oxidation sites excluding steroid dienone is 4. The van der Waals surface area contributed by atoms with Crippen molar-refractivity contribution in [2.75, 3.05) is 0 Å². The molecule has 0 saturated carbocycles. The van der Waals surface area contributed by atoms with Crippen molar-refractivity contribution in [1.82, 2.24) is 0 Å². The zero-order valence-electron chi connectivity index (χ0n) is 8.42. The summed E-state index contributed by atoms with van der Waals surface area (Å²) in [6, 6.07) is 6.67. The number of benzene rings is 1. The van der Waals surface area contributed by atoms with Crippen LogP contribution < -0.4 is 0 Å². The van der Waals surface area contributed by atoms with E-state index >= 15 is 0 Å². The van der Waals surface area contributed by atoms with Gasteiger partial charge in [-0.15, -0.1) is 0 Å². The van der Waals surface area contributed by atoms with Gasteiger partial charge in [-0.1, -0.05) is 42.6 Å². The first-order valence-electron chi connectivity index (χ1n) is 4.84. The number of para-hydroxylation sites is 1. The Morgan fingerprint density at radius 3 is 2.75 bits per heavy atom. The second-order valence-corrected chi connectivity index (χ2v) is 3.90. The molecule has 1 aromatic rings. The predicted molar refractivity (Wildman–Crippen MR) is 67.4 cm³/mol. The molecule has 0 bridgehead atoms. The molecule has 0 saturated heterocycles. The molecular formula is C12H9NO2S. The van der Waals surface area contributed by atoms with Gasteiger partial charge in [0, 0.05) is 22.9 Å². The largest absolute Gasteiger partial charge is 0.277 e. The van der Waals surface area contributed by atoms with E-state index in [1.165, 1.54) is 6.07 Å². The molecule has 0 spiro atoms. The molecule has 0 radical (unpaired) electrons. The molecule has 0 amide bonds. The maximum Gasteiger partial charge on any atom is 0.277 e. The first-order chi connectivity index (χ1) is 7.70. The Morgan fingerprint density at radius 2 is 2.06 bits per heavy atom. The molecule has 16 heavy (non-hydrogen) atoms. The van der Waals surface area contributed by atoms with Crippen LogP contribution in [0.4, 0.5) is 5.69 Å². The summed E-state index contributed by atoms with van der Waals surface area (Å²) >= 11 is 5.21. The van der Waals surface area contributed by atoms with Crippen LogP contribution in [-0.4, -0.2) is 9.79 Å². The van der Waals surface area contributed by atoms with Gasteiger partial charge in [-0.25, -0.2) is 0 Å². The Balaban J connectivity index is 2.55. The number of hydrogen-bond acceptors (Lipinski definition) is 3. The van der Waals surface area contributed by atoms with Crippen molar-refractivity contribution in [3.05, 3.63) is 58.2 Å². The molecule has 0 fully saturated rings. The number of rotatable bonds is 2. The molecule has 0 aromatic heterocycles. The lowest BCUT2D eigenvalue weighted by Gasteiger charge is -2.10. The third kappa shape index (κ3) is 1.92. The lowest BCUT2D eigenvalue weighted by molar-refractivity contribution is -0.385. The van der Waals surface area contributed by atoms with Crippen LogP contribution in [0.5, 0.6) is 0 Å². The topological polar surface area (TPSA) is 43.1 Å². The van der Waals surface area contributed by atoms with E-state index in [2.05, 4.69) is 0 Å². The van der Waals surface area contributed by atoms with Crippen LogP contribution in [-0.2, 0) is 0 Å². The minimum atomic E-state index is -0.378. The van der Waals surface area contributed by atoms with Gasteiger partial charge in [0.05, 0.1) is 10.5 Å². The van der Waals surface area contributed by atoms with E-state index in [9.17, 15) is 10.1 Å². The average Bonchev–Trinajstić information content (AvgIpc) is 2.29. The summed E-state index contributed by atoms with van der Waals surface area (Å²) in [5.41, 5.74) is 1.48. The maximum atomic E-state index is 10.9. The van der Waals surface area contributed by atoms with Crippen molar-refractivity contribution < 1.29 is 4.92 Å². The number of nitrogens with zero attached hydrogens (tertiary/aromatic N) is 1. The number of thiocarbonyl (C=S) groups is 1. The normalized spacial score (nSPS) is 14.8. The zero-order valence-corrected chi connectivity index (χ0v) is 9.24. The molecule has 0 unspecified atom stereocenters. The monoisotopic (exact) mass is 231 g/mol.